The molecule has 0 aromatic heterocycles. The lowest BCUT2D eigenvalue weighted by Gasteiger charge is -2.22. The highest BCUT2D eigenvalue weighted by Gasteiger charge is 2.18. The van der Waals surface area contributed by atoms with Crippen LogP contribution < -0.4 is 0 Å². The maximum absolute atomic E-state index is 9.67. The molecule has 0 saturated heterocycles. The molecule has 1 atom stereocenters. The first-order valence-electron chi connectivity index (χ1n) is 6.17. The molecule has 0 saturated carbocycles. The van der Waals surface area contributed by atoms with Crippen molar-refractivity contribution >= 4 is 0 Å². The van der Waals surface area contributed by atoms with Crippen molar-refractivity contribution in [3.05, 3.63) is 0 Å². The van der Waals surface area contributed by atoms with Gasteiger partial charge in [0, 0.05) is 13.2 Å². The van der Waals surface area contributed by atoms with Crippen LogP contribution in [-0.4, -0.2) is 30.7 Å². The van der Waals surface area contributed by atoms with Crippen LogP contribution in [0.25, 0.3) is 0 Å². The van der Waals surface area contributed by atoms with Crippen molar-refractivity contribution in [1.29, 1.82) is 0 Å². The van der Waals surface area contributed by atoms with Crippen LogP contribution >= 0.6 is 0 Å². The molecule has 1 N–H and O–H groups in total. The minimum Gasteiger partial charge on any atom is -0.388 e. The van der Waals surface area contributed by atoms with E-state index in [9.17, 15) is 5.11 Å². The van der Waals surface area contributed by atoms with Gasteiger partial charge in [0.2, 0.25) is 0 Å². The van der Waals surface area contributed by atoms with Crippen molar-refractivity contribution in [1.82, 2.24) is 0 Å². The zero-order valence-corrected chi connectivity index (χ0v) is 10.4. The Morgan fingerprint density at radius 1 is 0.933 bits per heavy atom. The van der Waals surface area contributed by atoms with Crippen LogP contribution in [0.2, 0.25) is 0 Å². The summed E-state index contributed by atoms with van der Waals surface area (Å²) in [5.41, 5.74) is 0. The molecule has 92 valence electrons. The number of aliphatic hydroxyl groups is 1. The highest BCUT2D eigenvalue weighted by atomic mass is 16.7. The van der Waals surface area contributed by atoms with E-state index < -0.39 is 12.4 Å². The second-order valence-electron chi connectivity index (χ2n) is 3.79. The Balaban J connectivity index is 3.73. The van der Waals surface area contributed by atoms with E-state index >= 15 is 0 Å². The standard InChI is InChI=1S/C12H26O3/c1-4-7-9-14-12(11(13)6-3)15-10-8-5-2/h11-13H,4-10H2,1-3H3. The Hall–Kier alpha value is -0.120. The van der Waals surface area contributed by atoms with Gasteiger partial charge in [-0.1, -0.05) is 33.6 Å². The minimum absolute atomic E-state index is 0.437. The Labute approximate surface area is 93.8 Å². The Morgan fingerprint density at radius 3 is 1.73 bits per heavy atom. The Kier molecular flexibility index (Phi) is 10.3. The van der Waals surface area contributed by atoms with Crippen molar-refractivity contribution < 1.29 is 14.6 Å². The predicted molar refractivity (Wildman–Crippen MR) is 61.8 cm³/mol. The molecule has 0 aromatic rings. The van der Waals surface area contributed by atoms with Gasteiger partial charge in [-0.25, -0.2) is 0 Å². The summed E-state index contributed by atoms with van der Waals surface area (Å²) in [7, 11) is 0. The van der Waals surface area contributed by atoms with Crippen LogP contribution in [0, 0.1) is 0 Å². The number of ether oxygens (including phenoxy) is 2. The number of hydrogen-bond donors (Lipinski definition) is 1. The smallest absolute Gasteiger partial charge is 0.183 e. The van der Waals surface area contributed by atoms with E-state index in [1.54, 1.807) is 0 Å². The van der Waals surface area contributed by atoms with E-state index in [-0.39, 0.29) is 0 Å². The van der Waals surface area contributed by atoms with Crippen LogP contribution in [-0.2, 0) is 9.47 Å². The van der Waals surface area contributed by atoms with Crippen LogP contribution in [0.3, 0.4) is 0 Å². The average molecular weight is 218 g/mol. The van der Waals surface area contributed by atoms with Crippen molar-refractivity contribution in [3.8, 4) is 0 Å². The van der Waals surface area contributed by atoms with Gasteiger partial charge in [-0.3, -0.25) is 0 Å². The van der Waals surface area contributed by atoms with Crippen molar-refractivity contribution in [2.75, 3.05) is 13.2 Å². The molecule has 0 fully saturated rings. The minimum atomic E-state index is -0.501. The third kappa shape index (κ3) is 7.77. The van der Waals surface area contributed by atoms with Crippen LogP contribution in [0.15, 0.2) is 0 Å². The molecule has 15 heavy (non-hydrogen) atoms. The molecule has 0 radical (unpaired) electrons. The largest absolute Gasteiger partial charge is 0.388 e. The summed E-state index contributed by atoms with van der Waals surface area (Å²) in [6.07, 6.45) is 3.97. The average Bonchev–Trinajstić information content (AvgIpc) is 2.26. The molecule has 0 spiro atoms. The summed E-state index contributed by atoms with van der Waals surface area (Å²) in [6.45, 7) is 7.51. The Bertz CT molecular complexity index is 118. The lowest BCUT2D eigenvalue weighted by Crippen LogP contribution is -2.32. The number of aliphatic hydroxyl groups excluding tert-OH is 1. The predicted octanol–water partition coefficient (Wildman–Crippen LogP) is 2.72. The van der Waals surface area contributed by atoms with Gasteiger partial charge in [0.25, 0.3) is 0 Å². The molecule has 0 bridgehead atoms. The lowest BCUT2D eigenvalue weighted by atomic mass is 10.2. The third-order valence-electron chi connectivity index (χ3n) is 2.29. The van der Waals surface area contributed by atoms with Gasteiger partial charge in [0.1, 0.15) is 6.10 Å². The fraction of sp³-hybridized carbons (Fsp3) is 1.00. The van der Waals surface area contributed by atoms with Crippen molar-refractivity contribution in [3.63, 3.8) is 0 Å². The SMILES string of the molecule is CCCCOC(OCCCC)C(O)CC. The number of hydrogen-bond acceptors (Lipinski definition) is 3. The van der Waals surface area contributed by atoms with Gasteiger partial charge >= 0.3 is 0 Å². The van der Waals surface area contributed by atoms with E-state index in [4.69, 9.17) is 9.47 Å². The molecular formula is C12H26O3. The molecule has 3 heteroatoms. The summed E-state index contributed by atoms with van der Waals surface area (Å²) < 4.78 is 11.0. The molecule has 0 aromatic carbocycles. The second-order valence-corrected chi connectivity index (χ2v) is 3.79. The van der Waals surface area contributed by atoms with Crippen LogP contribution in [0.4, 0.5) is 0 Å². The van der Waals surface area contributed by atoms with Crippen molar-refractivity contribution in [2.24, 2.45) is 0 Å². The highest BCUT2D eigenvalue weighted by Crippen LogP contribution is 2.07. The van der Waals surface area contributed by atoms with Gasteiger partial charge in [0.05, 0.1) is 0 Å². The van der Waals surface area contributed by atoms with Gasteiger partial charge in [-0.2, -0.15) is 0 Å². The van der Waals surface area contributed by atoms with E-state index in [0.717, 1.165) is 25.7 Å². The summed E-state index contributed by atoms with van der Waals surface area (Å²) in [4.78, 5) is 0. The van der Waals surface area contributed by atoms with Gasteiger partial charge in [-0.15, -0.1) is 0 Å². The number of unbranched alkanes of at least 4 members (excludes halogenated alkanes) is 2. The fourth-order valence-corrected chi connectivity index (χ4v) is 1.15. The van der Waals surface area contributed by atoms with E-state index in [1.807, 2.05) is 6.92 Å². The molecule has 0 rings (SSSR count). The molecule has 0 heterocycles. The first-order valence-corrected chi connectivity index (χ1v) is 6.17. The van der Waals surface area contributed by atoms with Gasteiger partial charge < -0.3 is 14.6 Å². The summed E-state index contributed by atoms with van der Waals surface area (Å²) in [6, 6.07) is 0. The highest BCUT2D eigenvalue weighted by molar-refractivity contribution is 4.58. The van der Waals surface area contributed by atoms with Crippen LogP contribution in [0.5, 0.6) is 0 Å². The third-order valence-corrected chi connectivity index (χ3v) is 2.29. The zero-order valence-electron chi connectivity index (χ0n) is 10.4. The van der Waals surface area contributed by atoms with Gasteiger partial charge in [-0.05, 0) is 19.3 Å². The molecule has 0 aliphatic carbocycles. The quantitative estimate of drug-likeness (QED) is 0.452. The molecule has 3 nitrogen and oxygen atoms in total. The lowest BCUT2D eigenvalue weighted by molar-refractivity contribution is -0.195. The van der Waals surface area contributed by atoms with Crippen molar-refractivity contribution in [2.45, 2.75) is 65.3 Å². The van der Waals surface area contributed by atoms with Gasteiger partial charge in [0.15, 0.2) is 6.29 Å². The first kappa shape index (κ1) is 14.9. The normalized spacial score (nSPS) is 13.4. The molecule has 0 amide bonds. The molecule has 0 aliphatic rings. The Morgan fingerprint density at radius 2 is 1.40 bits per heavy atom. The maximum Gasteiger partial charge on any atom is 0.183 e. The maximum atomic E-state index is 9.67. The summed E-state index contributed by atoms with van der Waals surface area (Å²) in [5.74, 6) is 0. The van der Waals surface area contributed by atoms with Crippen LogP contribution in [0.1, 0.15) is 52.9 Å². The molecule has 0 aliphatic heterocycles. The topological polar surface area (TPSA) is 38.7 Å². The first-order chi connectivity index (χ1) is 7.26. The molecular weight excluding hydrogens is 192 g/mol. The summed E-state index contributed by atoms with van der Waals surface area (Å²) in [5, 5.41) is 9.67. The fourth-order valence-electron chi connectivity index (χ4n) is 1.15. The number of rotatable bonds is 10. The second kappa shape index (κ2) is 10.4. The monoisotopic (exact) mass is 218 g/mol. The van der Waals surface area contributed by atoms with E-state index in [2.05, 4.69) is 13.8 Å². The summed E-state index contributed by atoms with van der Waals surface area (Å²) >= 11 is 0. The van der Waals surface area contributed by atoms with E-state index in [1.165, 1.54) is 0 Å². The molecule has 1 unspecified atom stereocenters. The van der Waals surface area contributed by atoms with E-state index in [0.29, 0.717) is 19.6 Å². The zero-order chi connectivity index (χ0) is 11.5.